The van der Waals surface area contributed by atoms with Gasteiger partial charge in [-0.1, -0.05) is 12.1 Å². The molecule has 0 aliphatic carbocycles. The Morgan fingerprint density at radius 1 is 1.32 bits per heavy atom. The van der Waals surface area contributed by atoms with Crippen molar-refractivity contribution in [2.45, 2.75) is 18.5 Å². The number of hydrogen-bond acceptors (Lipinski definition) is 4. The van der Waals surface area contributed by atoms with Gasteiger partial charge in [0.2, 0.25) is 0 Å². The third-order valence-electron chi connectivity index (χ3n) is 3.94. The molecular formula is C15H22N2O2. The fourth-order valence-electron chi connectivity index (χ4n) is 3.07. The third kappa shape index (κ3) is 2.61. The van der Waals surface area contributed by atoms with Crippen molar-refractivity contribution in [3.05, 3.63) is 29.3 Å². The van der Waals surface area contributed by atoms with Gasteiger partial charge < -0.3 is 19.7 Å². The van der Waals surface area contributed by atoms with Crippen molar-refractivity contribution in [2.24, 2.45) is 0 Å². The molecule has 1 fully saturated rings. The second-order valence-corrected chi connectivity index (χ2v) is 5.51. The molecule has 2 aliphatic rings. The van der Waals surface area contributed by atoms with Gasteiger partial charge in [-0.25, -0.2) is 0 Å². The second kappa shape index (κ2) is 5.49. The molecule has 2 heterocycles. The van der Waals surface area contributed by atoms with Crippen molar-refractivity contribution in [3.8, 4) is 5.75 Å². The van der Waals surface area contributed by atoms with E-state index in [2.05, 4.69) is 42.5 Å². The quantitative estimate of drug-likeness (QED) is 0.888. The molecule has 19 heavy (non-hydrogen) atoms. The number of nitrogens with one attached hydrogen (secondary N) is 1. The molecule has 1 aromatic carbocycles. The Morgan fingerprint density at radius 2 is 2.21 bits per heavy atom. The summed E-state index contributed by atoms with van der Waals surface area (Å²) in [5.41, 5.74) is 2.68. The maximum Gasteiger partial charge on any atom is 0.122 e. The van der Waals surface area contributed by atoms with Crippen molar-refractivity contribution < 1.29 is 9.47 Å². The van der Waals surface area contributed by atoms with E-state index in [0.717, 1.165) is 38.5 Å². The fraction of sp³-hybridized carbons (Fsp3) is 0.600. The molecule has 0 bridgehead atoms. The molecule has 2 atom stereocenters. The molecule has 2 aliphatic heterocycles. The largest absolute Gasteiger partial charge is 0.493 e. The molecule has 0 amide bonds. The van der Waals surface area contributed by atoms with Crippen LogP contribution in [0.4, 0.5) is 0 Å². The van der Waals surface area contributed by atoms with Crippen molar-refractivity contribution in [3.63, 3.8) is 0 Å². The van der Waals surface area contributed by atoms with Gasteiger partial charge in [0, 0.05) is 13.0 Å². The van der Waals surface area contributed by atoms with Crippen LogP contribution in [0.3, 0.4) is 0 Å². The van der Waals surface area contributed by atoms with E-state index in [0.29, 0.717) is 12.1 Å². The Kier molecular flexibility index (Phi) is 3.73. The summed E-state index contributed by atoms with van der Waals surface area (Å²) in [4.78, 5) is 2.27. The van der Waals surface area contributed by atoms with Crippen LogP contribution in [0.25, 0.3) is 0 Å². The molecule has 4 heteroatoms. The van der Waals surface area contributed by atoms with E-state index in [1.807, 2.05) is 0 Å². The van der Waals surface area contributed by atoms with Crippen molar-refractivity contribution in [2.75, 3.05) is 40.5 Å². The minimum absolute atomic E-state index is 0.339. The number of morpholine rings is 1. The lowest BCUT2D eigenvalue weighted by atomic mass is 9.95. The molecule has 2 unspecified atom stereocenters. The van der Waals surface area contributed by atoms with Gasteiger partial charge in [0.1, 0.15) is 5.75 Å². The van der Waals surface area contributed by atoms with Crippen molar-refractivity contribution in [1.82, 2.24) is 10.2 Å². The second-order valence-electron chi connectivity index (χ2n) is 5.51. The van der Waals surface area contributed by atoms with Crippen LogP contribution in [0.15, 0.2) is 18.2 Å². The Bertz CT molecular complexity index is 442. The zero-order valence-corrected chi connectivity index (χ0v) is 11.7. The van der Waals surface area contributed by atoms with Crippen LogP contribution in [0.5, 0.6) is 5.75 Å². The molecule has 1 aromatic rings. The van der Waals surface area contributed by atoms with Crippen LogP contribution >= 0.6 is 0 Å². The maximum atomic E-state index is 5.61. The summed E-state index contributed by atoms with van der Waals surface area (Å²) in [5.74, 6) is 1.05. The monoisotopic (exact) mass is 262 g/mol. The topological polar surface area (TPSA) is 33.7 Å². The zero-order valence-electron chi connectivity index (χ0n) is 11.7. The lowest BCUT2D eigenvalue weighted by molar-refractivity contribution is 0.0459. The highest BCUT2D eigenvalue weighted by Gasteiger charge is 2.28. The summed E-state index contributed by atoms with van der Waals surface area (Å²) < 4.78 is 11.2. The van der Waals surface area contributed by atoms with Crippen LogP contribution in [0.1, 0.15) is 17.2 Å². The van der Waals surface area contributed by atoms with Crippen LogP contribution < -0.4 is 10.1 Å². The third-order valence-corrected chi connectivity index (χ3v) is 3.94. The molecule has 0 saturated carbocycles. The van der Waals surface area contributed by atoms with Gasteiger partial charge in [-0.3, -0.25) is 0 Å². The lowest BCUT2D eigenvalue weighted by Gasteiger charge is -2.35. The lowest BCUT2D eigenvalue weighted by Crippen LogP contribution is -2.48. The van der Waals surface area contributed by atoms with Gasteiger partial charge in [-0.2, -0.15) is 0 Å². The normalized spacial score (nSPS) is 24.1. The number of nitrogens with zero attached hydrogens (tertiary/aromatic N) is 1. The predicted molar refractivity (Wildman–Crippen MR) is 74.7 cm³/mol. The first-order valence-corrected chi connectivity index (χ1v) is 6.99. The highest BCUT2D eigenvalue weighted by Crippen LogP contribution is 2.31. The number of rotatable bonds is 3. The molecular weight excluding hydrogens is 240 g/mol. The average Bonchev–Trinajstić information content (AvgIpc) is 2.87. The number of ether oxygens (including phenoxy) is 2. The summed E-state index contributed by atoms with van der Waals surface area (Å²) >= 11 is 0. The summed E-state index contributed by atoms with van der Waals surface area (Å²) in [6.45, 7) is 3.34. The highest BCUT2D eigenvalue weighted by molar-refractivity contribution is 5.41. The molecule has 4 nitrogen and oxygen atoms in total. The molecule has 3 rings (SSSR count). The van der Waals surface area contributed by atoms with Crippen LogP contribution in [-0.4, -0.2) is 51.4 Å². The first kappa shape index (κ1) is 12.9. The van der Waals surface area contributed by atoms with Gasteiger partial charge in [-0.15, -0.1) is 0 Å². The van der Waals surface area contributed by atoms with E-state index in [9.17, 15) is 0 Å². The Morgan fingerprint density at radius 3 is 2.95 bits per heavy atom. The number of fused-ring (bicyclic) bond motifs is 1. The summed E-state index contributed by atoms with van der Waals surface area (Å²) in [6.07, 6.45) is 1.03. The van der Waals surface area contributed by atoms with Crippen molar-refractivity contribution >= 4 is 0 Å². The van der Waals surface area contributed by atoms with Gasteiger partial charge in [0.25, 0.3) is 0 Å². The van der Waals surface area contributed by atoms with Crippen LogP contribution in [-0.2, 0) is 11.2 Å². The van der Waals surface area contributed by atoms with E-state index in [-0.39, 0.29) is 0 Å². The summed E-state index contributed by atoms with van der Waals surface area (Å²) in [7, 11) is 4.26. The number of likely N-dealkylation sites (N-methyl/N-ethyl adjacent to an activating group) is 1. The average molecular weight is 262 g/mol. The molecule has 104 valence electrons. The van der Waals surface area contributed by atoms with Crippen LogP contribution in [0.2, 0.25) is 0 Å². The number of hydrogen-bond donors (Lipinski definition) is 1. The summed E-state index contributed by atoms with van der Waals surface area (Å²) in [6, 6.07) is 7.28. The van der Waals surface area contributed by atoms with E-state index >= 15 is 0 Å². The number of benzene rings is 1. The highest BCUT2D eigenvalue weighted by atomic mass is 16.5. The minimum Gasteiger partial charge on any atom is -0.493 e. The van der Waals surface area contributed by atoms with E-state index in [1.54, 1.807) is 0 Å². The minimum atomic E-state index is 0.339. The molecule has 0 aromatic heterocycles. The van der Waals surface area contributed by atoms with Gasteiger partial charge in [-0.05, 0) is 31.3 Å². The van der Waals surface area contributed by atoms with E-state index < -0.39 is 0 Å². The first-order chi connectivity index (χ1) is 9.25. The molecule has 1 saturated heterocycles. The smallest absolute Gasteiger partial charge is 0.122 e. The van der Waals surface area contributed by atoms with E-state index in [4.69, 9.17) is 9.47 Å². The molecule has 1 N–H and O–H groups in total. The first-order valence-electron chi connectivity index (χ1n) is 6.99. The maximum absolute atomic E-state index is 5.61. The molecule has 0 radical (unpaired) electrons. The Hall–Kier alpha value is -1.10. The van der Waals surface area contributed by atoms with E-state index in [1.165, 1.54) is 11.1 Å². The van der Waals surface area contributed by atoms with Crippen molar-refractivity contribution in [1.29, 1.82) is 0 Å². The summed E-state index contributed by atoms with van der Waals surface area (Å²) in [5, 5.41) is 3.57. The zero-order chi connectivity index (χ0) is 13.2. The fourth-order valence-corrected chi connectivity index (χ4v) is 3.07. The Balaban J connectivity index is 1.87. The van der Waals surface area contributed by atoms with Gasteiger partial charge in [0.05, 0.1) is 31.9 Å². The van der Waals surface area contributed by atoms with Crippen LogP contribution in [0, 0.1) is 0 Å². The van der Waals surface area contributed by atoms with Gasteiger partial charge >= 0.3 is 0 Å². The standard InChI is InChI=1S/C15H22N2O2/c1-17(2)15(13-10-18-8-6-16-13)12-3-4-14-11(9-12)5-7-19-14/h3-4,9,13,15-16H,5-8,10H2,1-2H3. The van der Waals surface area contributed by atoms with Gasteiger partial charge in [0.15, 0.2) is 0 Å². The Labute approximate surface area is 114 Å². The molecule has 0 spiro atoms. The predicted octanol–water partition coefficient (Wildman–Crippen LogP) is 1.21. The SMILES string of the molecule is CN(C)C(c1ccc2c(c1)CCO2)C1COCCN1.